The Labute approximate surface area is 297 Å². The van der Waals surface area contributed by atoms with Gasteiger partial charge in [-0.1, -0.05) is 164 Å². The van der Waals surface area contributed by atoms with Gasteiger partial charge in [-0.05, 0) is 56.5 Å². The Kier molecular flexibility index (Phi) is 10.1. The van der Waals surface area contributed by atoms with Gasteiger partial charge < -0.3 is 15.4 Å². The number of fused-ring (bicyclic) bond motifs is 3. The van der Waals surface area contributed by atoms with Crippen LogP contribution in [-0.2, 0) is 33.9 Å². The van der Waals surface area contributed by atoms with Crippen molar-refractivity contribution in [1.82, 2.24) is 10.6 Å². The summed E-state index contributed by atoms with van der Waals surface area (Å²) in [6.07, 6.45) is 0.164. The largest absolute Gasteiger partial charge is 0.445 e. The number of carbonyl (C=O) groups is 2. The van der Waals surface area contributed by atoms with Crippen LogP contribution in [0.2, 0.25) is 0 Å². The number of hydrogen-bond acceptors (Lipinski definition) is 4. The van der Waals surface area contributed by atoms with Gasteiger partial charge in [0.1, 0.15) is 12.6 Å². The first kappa shape index (κ1) is 32.9. The summed E-state index contributed by atoms with van der Waals surface area (Å²) in [5.41, 5.74) is 10.0. The number of hydrogen-bond donors (Lipinski definition) is 2. The molecule has 0 aromatic heterocycles. The zero-order chi connectivity index (χ0) is 34.2. The van der Waals surface area contributed by atoms with Crippen LogP contribution in [0.4, 0.5) is 4.79 Å². The summed E-state index contributed by atoms with van der Waals surface area (Å²) in [5, 5.41) is 6.00. The molecule has 6 heteroatoms. The van der Waals surface area contributed by atoms with Gasteiger partial charge in [0.15, 0.2) is 0 Å². The third kappa shape index (κ3) is 7.07. The highest BCUT2D eigenvalue weighted by Gasteiger charge is 2.38. The maximum atomic E-state index is 13.9. The van der Waals surface area contributed by atoms with Crippen molar-refractivity contribution in [1.29, 1.82) is 0 Å². The first-order chi connectivity index (χ1) is 24.6. The number of carbonyl (C=O) groups excluding carboxylic acids is 2. The number of alkyl carbamates (subject to hydrolysis) is 1. The van der Waals surface area contributed by atoms with Gasteiger partial charge in [0.2, 0.25) is 5.91 Å². The molecule has 1 aliphatic rings. The molecular formula is C44H38N2O3S. The van der Waals surface area contributed by atoms with Crippen molar-refractivity contribution >= 4 is 23.8 Å². The van der Waals surface area contributed by atoms with E-state index < -0.39 is 16.9 Å². The lowest BCUT2D eigenvalue weighted by Crippen LogP contribution is -2.49. The molecule has 0 spiro atoms. The Morgan fingerprint density at radius 2 is 1.18 bits per heavy atom. The van der Waals surface area contributed by atoms with Gasteiger partial charge in [0.25, 0.3) is 0 Å². The molecule has 1 atom stereocenters. The molecule has 0 saturated carbocycles. The maximum Gasteiger partial charge on any atom is 0.408 e. The average molecular weight is 675 g/mol. The topological polar surface area (TPSA) is 67.4 Å². The Balaban J connectivity index is 1.15. The van der Waals surface area contributed by atoms with Gasteiger partial charge >= 0.3 is 6.09 Å². The fourth-order valence-electron chi connectivity index (χ4n) is 6.75. The number of benzene rings is 6. The van der Waals surface area contributed by atoms with E-state index in [0.717, 1.165) is 34.2 Å². The van der Waals surface area contributed by atoms with Crippen molar-refractivity contribution < 1.29 is 14.3 Å². The van der Waals surface area contributed by atoms with Crippen molar-refractivity contribution in [3.8, 4) is 11.1 Å². The Morgan fingerprint density at radius 3 is 1.80 bits per heavy atom. The number of nitrogens with one attached hydrogen (secondary N) is 2. The number of thioether (sulfide) groups is 1. The second-order valence-electron chi connectivity index (χ2n) is 12.3. The SMILES string of the molecule is O=C(N[C@@H](CSC(c1ccccc1)(c1ccccc1)c1ccccc1)C(=O)NCc1ccccc1)OCc1cccc2c1Cc1ccccc1-2. The van der Waals surface area contributed by atoms with Crippen LogP contribution in [0.5, 0.6) is 0 Å². The minimum Gasteiger partial charge on any atom is -0.445 e. The predicted molar refractivity (Wildman–Crippen MR) is 202 cm³/mol. The fourth-order valence-corrected chi connectivity index (χ4v) is 8.31. The maximum absolute atomic E-state index is 13.9. The highest BCUT2D eigenvalue weighted by molar-refractivity contribution is 8.00. The molecule has 2 amide bonds. The van der Waals surface area contributed by atoms with Crippen molar-refractivity contribution in [2.24, 2.45) is 0 Å². The Hall–Kier alpha value is -5.59. The molecule has 248 valence electrons. The molecule has 1 aliphatic carbocycles. The Morgan fingerprint density at radius 1 is 0.640 bits per heavy atom. The fraction of sp³-hybridized carbons (Fsp3) is 0.136. The van der Waals surface area contributed by atoms with Crippen LogP contribution in [0.1, 0.15) is 38.9 Å². The zero-order valence-corrected chi connectivity index (χ0v) is 28.4. The molecule has 2 N–H and O–H groups in total. The van der Waals surface area contributed by atoms with Crippen LogP contribution in [0.15, 0.2) is 164 Å². The molecule has 0 unspecified atom stereocenters. The summed E-state index contributed by atoms with van der Waals surface area (Å²) in [5.74, 6) is 0.00205. The van der Waals surface area contributed by atoms with Gasteiger partial charge in [0.05, 0.1) is 4.75 Å². The van der Waals surface area contributed by atoms with Crippen LogP contribution >= 0.6 is 11.8 Å². The first-order valence-electron chi connectivity index (χ1n) is 16.9. The quantitative estimate of drug-likeness (QED) is 0.127. The highest BCUT2D eigenvalue weighted by atomic mass is 32.2. The molecule has 0 fully saturated rings. The summed E-state index contributed by atoms with van der Waals surface area (Å²) in [7, 11) is 0. The van der Waals surface area contributed by atoms with Crippen molar-refractivity contribution in [3.63, 3.8) is 0 Å². The van der Waals surface area contributed by atoms with E-state index in [4.69, 9.17) is 4.74 Å². The molecule has 50 heavy (non-hydrogen) atoms. The molecule has 0 radical (unpaired) electrons. The lowest BCUT2D eigenvalue weighted by Gasteiger charge is -2.36. The average Bonchev–Trinajstić information content (AvgIpc) is 3.57. The molecule has 0 heterocycles. The molecule has 5 nitrogen and oxygen atoms in total. The van der Waals surface area contributed by atoms with E-state index in [9.17, 15) is 9.59 Å². The second kappa shape index (κ2) is 15.3. The first-order valence-corrected chi connectivity index (χ1v) is 17.8. The number of amides is 2. The van der Waals surface area contributed by atoms with Gasteiger partial charge in [-0.25, -0.2) is 4.79 Å². The van der Waals surface area contributed by atoms with E-state index in [1.54, 1.807) is 11.8 Å². The minimum atomic E-state index is -0.877. The van der Waals surface area contributed by atoms with Gasteiger partial charge in [-0.3, -0.25) is 4.79 Å². The standard InChI is InChI=1S/C44H38N2O3S/c47-42(45-29-32-16-5-1-6-17-32)41(46-43(48)49-30-34-19-15-27-39-38-26-14-13-18-33(38)28-40(34)39)31-50-44(35-20-7-2-8-21-35,36-22-9-3-10-23-36)37-24-11-4-12-25-37/h1-27,41H,28-31H2,(H,45,47)(H,46,48)/t41-/m0/s1. The lowest BCUT2D eigenvalue weighted by molar-refractivity contribution is -0.122. The van der Waals surface area contributed by atoms with Crippen LogP contribution < -0.4 is 10.6 Å². The number of rotatable bonds is 12. The third-order valence-electron chi connectivity index (χ3n) is 9.23. The molecule has 6 aromatic rings. The van der Waals surface area contributed by atoms with E-state index in [2.05, 4.69) is 71.3 Å². The lowest BCUT2D eigenvalue weighted by atomic mass is 9.84. The van der Waals surface area contributed by atoms with Crippen LogP contribution in [0.25, 0.3) is 11.1 Å². The van der Waals surface area contributed by atoms with Crippen molar-refractivity contribution in [2.75, 3.05) is 5.75 Å². The van der Waals surface area contributed by atoms with E-state index >= 15 is 0 Å². The Bertz CT molecular complexity index is 1960. The highest BCUT2D eigenvalue weighted by Crippen LogP contribution is 2.48. The van der Waals surface area contributed by atoms with E-state index in [1.807, 2.05) is 103 Å². The molecule has 0 bridgehead atoms. The van der Waals surface area contributed by atoms with Gasteiger partial charge in [-0.15, -0.1) is 11.8 Å². The monoisotopic (exact) mass is 674 g/mol. The van der Waals surface area contributed by atoms with Crippen LogP contribution in [0.3, 0.4) is 0 Å². The summed E-state index contributed by atoms with van der Waals surface area (Å²) in [6.45, 7) is 0.450. The third-order valence-corrected chi connectivity index (χ3v) is 10.9. The van der Waals surface area contributed by atoms with E-state index in [1.165, 1.54) is 22.3 Å². The zero-order valence-electron chi connectivity index (χ0n) is 27.6. The molecule has 0 aliphatic heterocycles. The number of ether oxygens (including phenoxy) is 1. The summed E-state index contributed by atoms with van der Waals surface area (Å²) in [6, 6.07) is 54.4. The summed E-state index contributed by atoms with van der Waals surface area (Å²) < 4.78 is 5.18. The van der Waals surface area contributed by atoms with Crippen molar-refractivity contribution in [3.05, 3.63) is 203 Å². The van der Waals surface area contributed by atoms with Crippen LogP contribution in [0, 0.1) is 0 Å². The smallest absolute Gasteiger partial charge is 0.408 e. The summed E-state index contributed by atoms with van der Waals surface area (Å²) in [4.78, 5) is 27.5. The molecule has 6 aromatic carbocycles. The summed E-state index contributed by atoms with van der Waals surface area (Å²) >= 11 is 1.62. The van der Waals surface area contributed by atoms with Gasteiger partial charge in [-0.2, -0.15) is 0 Å². The van der Waals surface area contributed by atoms with E-state index in [-0.39, 0.29) is 18.3 Å². The molecule has 0 saturated heterocycles. The van der Waals surface area contributed by atoms with Gasteiger partial charge in [0, 0.05) is 12.3 Å². The molecular weight excluding hydrogens is 637 g/mol. The van der Waals surface area contributed by atoms with E-state index in [0.29, 0.717) is 6.54 Å². The van der Waals surface area contributed by atoms with Crippen LogP contribution in [-0.4, -0.2) is 23.8 Å². The molecule has 7 rings (SSSR count). The normalized spacial score (nSPS) is 12.3. The minimum absolute atomic E-state index is 0.108. The van der Waals surface area contributed by atoms with Crippen molar-refractivity contribution in [2.45, 2.75) is 30.4 Å². The predicted octanol–water partition coefficient (Wildman–Crippen LogP) is 8.89. The second-order valence-corrected chi connectivity index (χ2v) is 13.6.